The van der Waals surface area contributed by atoms with Crippen molar-refractivity contribution in [2.75, 3.05) is 13.2 Å². The summed E-state index contributed by atoms with van der Waals surface area (Å²) >= 11 is 16.7. The van der Waals surface area contributed by atoms with E-state index in [2.05, 4.69) is 5.32 Å². The molecule has 1 N–H and O–H groups in total. The smallest absolute Gasteiger partial charge is 0.407 e. The Bertz CT molecular complexity index is 970. The van der Waals surface area contributed by atoms with Gasteiger partial charge in [0.25, 0.3) is 5.91 Å². The highest BCUT2D eigenvalue weighted by atomic mass is 35.6. The fourth-order valence-corrected chi connectivity index (χ4v) is 2.91. The van der Waals surface area contributed by atoms with Gasteiger partial charge in [-0.1, -0.05) is 65.1 Å². The van der Waals surface area contributed by atoms with Crippen LogP contribution in [-0.4, -0.2) is 39.8 Å². The lowest BCUT2D eigenvalue weighted by atomic mass is 10.0. The minimum atomic E-state index is -1.77. The first-order valence-electron chi connectivity index (χ1n) is 8.99. The Kier molecular flexibility index (Phi) is 8.69. The molecule has 1 atom stereocenters. The highest BCUT2D eigenvalue weighted by Gasteiger charge is 2.30. The van der Waals surface area contributed by atoms with Crippen LogP contribution in [0.5, 0.6) is 0 Å². The molecule has 0 saturated heterocycles. The molecule has 2 rings (SSSR count). The maximum atomic E-state index is 13.1. The number of hydrogen-bond donors (Lipinski definition) is 1. The molecule has 0 saturated carbocycles. The van der Waals surface area contributed by atoms with Gasteiger partial charge in [-0.25, -0.2) is 4.79 Å². The summed E-state index contributed by atoms with van der Waals surface area (Å²) in [5.74, 6) is -1.11. The zero-order chi connectivity index (χ0) is 23.0. The average molecular weight is 483 g/mol. The molecule has 0 heterocycles. The molecule has 3 amide bonds. The topological polar surface area (TPSA) is 99.5 Å². The van der Waals surface area contributed by atoms with Gasteiger partial charge >= 0.3 is 6.09 Å². The van der Waals surface area contributed by atoms with Crippen molar-refractivity contribution in [2.45, 2.75) is 16.8 Å². The molecule has 0 fully saturated rings. The molecule has 1 unspecified atom stereocenters. The van der Waals surface area contributed by atoms with Crippen molar-refractivity contribution in [1.29, 1.82) is 5.26 Å². The highest BCUT2D eigenvalue weighted by molar-refractivity contribution is 6.67. The molecule has 10 heteroatoms. The second-order valence-electron chi connectivity index (χ2n) is 6.38. The van der Waals surface area contributed by atoms with E-state index in [4.69, 9.17) is 44.8 Å². The zero-order valence-electron chi connectivity index (χ0n) is 16.3. The second-order valence-corrected chi connectivity index (χ2v) is 8.90. The number of carbonyl (C=O) groups excluding carboxylic acids is 3. The Balaban J connectivity index is 2.29. The summed E-state index contributed by atoms with van der Waals surface area (Å²) in [5.41, 5.74) is 1.21. The van der Waals surface area contributed by atoms with E-state index in [1.165, 1.54) is 31.2 Å². The molecule has 0 spiro atoms. The number of imide groups is 1. The number of nitrogens with zero attached hydrogens (tertiary/aromatic N) is 2. The maximum Gasteiger partial charge on any atom is 0.407 e. The average Bonchev–Trinajstić information content (AvgIpc) is 2.74. The van der Waals surface area contributed by atoms with Gasteiger partial charge in [-0.2, -0.15) is 5.26 Å². The van der Waals surface area contributed by atoms with Crippen LogP contribution in [0.25, 0.3) is 0 Å². The number of rotatable bonds is 6. The van der Waals surface area contributed by atoms with Gasteiger partial charge in [0.05, 0.1) is 17.7 Å². The van der Waals surface area contributed by atoms with E-state index >= 15 is 0 Å². The SMILES string of the molecule is CC(=O)N(C(=O)c1ccc(C#N)cc1)C(CNC(=O)OCC(Cl)(Cl)Cl)c1ccccc1. The van der Waals surface area contributed by atoms with Crippen LogP contribution in [0.2, 0.25) is 0 Å². The van der Waals surface area contributed by atoms with Crippen LogP contribution in [0.3, 0.4) is 0 Å². The third-order valence-electron chi connectivity index (χ3n) is 4.12. The monoisotopic (exact) mass is 481 g/mol. The van der Waals surface area contributed by atoms with E-state index in [9.17, 15) is 14.4 Å². The molecule has 162 valence electrons. The molecule has 0 aliphatic rings. The summed E-state index contributed by atoms with van der Waals surface area (Å²) in [6.45, 7) is 0.642. The van der Waals surface area contributed by atoms with Crippen LogP contribution in [-0.2, 0) is 9.53 Å². The van der Waals surface area contributed by atoms with Crippen molar-refractivity contribution in [3.05, 3.63) is 71.3 Å². The van der Waals surface area contributed by atoms with E-state index in [0.29, 0.717) is 11.1 Å². The predicted octanol–water partition coefficient (Wildman–Crippen LogP) is 4.38. The Labute approximate surface area is 194 Å². The molecule has 0 radical (unpaired) electrons. The summed E-state index contributed by atoms with van der Waals surface area (Å²) < 4.78 is 3.07. The third kappa shape index (κ3) is 7.44. The minimum Gasteiger partial charge on any atom is -0.445 e. The minimum absolute atomic E-state index is 0.135. The summed E-state index contributed by atoms with van der Waals surface area (Å²) in [6.07, 6.45) is -0.874. The van der Waals surface area contributed by atoms with E-state index in [-0.39, 0.29) is 12.1 Å². The largest absolute Gasteiger partial charge is 0.445 e. The number of halogens is 3. The molecule has 31 heavy (non-hydrogen) atoms. The van der Waals surface area contributed by atoms with Gasteiger partial charge in [-0.3, -0.25) is 14.5 Å². The number of nitriles is 1. The normalized spacial score (nSPS) is 11.7. The summed E-state index contributed by atoms with van der Waals surface area (Å²) in [5, 5.41) is 11.4. The van der Waals surface area contributed by atoms with Crippen LogP contribution in [0, 0.1) is 11.3 Å². The second kappa shape index (κ2) is 11.0. The van der Waals surface area contributed by atoms with Crippen molar-refractivity contribution in [2.24, 2.45) is 0 Å². The van der Waals surface area contributed by atoms with Crippen molar-refractivity contribution >= 4 is 52.7 Å². The Morgan fingerprint density at radius 1 is 1.10 bits per heavy atom. The number of alkyl carbamates (subject to hydrolysis) is 1. The lowest BCUT2D eigenvalue weighted by molar-refractivity contribution is -0.128. The summed E-state index contributed by atoms with van der Waals surface area (Å²) in [4.78, 5) is 38.6. The van der Waals surface area contributed by atoms with Crippen LogP contribution >= 0.6 is 34.8 Å². The third-order valence-corrected chi connectivity index (χ3v) is 4.45. The van der Waals surface area contributed by atoms with Crippen molar-refractivity contribution in [3.8, 4) is 6.07 Å². The summed E-state index contributed by atoms with van der Waals surface area (Å²) in [6, 6.07) is 15.7. The maximum absolute atomic E-state index is 13.1. The fraction of sp³-hybridized carbons (Fsp3) is 0.238. The number of benzene rings is 2. The van der Waals surface area contributed by atoms with Gasteiger partial charge < -0.3 is 10.1 Å². The molecule has 0 aliphatic carbocycles. The molecular formula is C21H18Cl3N3O4. The number of amides is 3. The molecule has 2 aromatic rings. The Morgan fingerprint density at radius 2 is 1.71 bits per heavy atom. The number of ether oxygens (including phenoxy) is 1. The van der Waals surface area contributed by atoms with Crippen LogP contribution in [0.1, 0.15) is 34.5 Å². The Hall–Kier alpha value is -2.79. The first kappa shape index (κ1) is 24.5. The van der Waals surface area contributed by atoms with Crippen LogP contribution < -0.4 is 5.32 Å². The first-order valence-corrected chi connectivity index (χ1v) is 10.1. The van der Waals surface area contributed by atoms with Crippen molar-refractivity contribution in [3.63, 3.8) is 0 Å². The number of hydrogen-bond acceptors (Lipinski definition) is 5. The van der Waals surface area contributed by atoms with Crippen LogP contribution in [0.15, 0.2) is 54.6 Å². The van der Waals surface area contributed by atoms with Gasteiger partial charge in [0, 0.05) is 19.0 Å². The Morgan fingerprint density at radius 3 is 2.23 bits per heavy atom. The van der Waals surface area contributed by atoms with Crippen LogP contribution in [0.4, 0.5) is 4.79 Å². The number of carbonyl (C=O) groups is 3. The quantitative estimate of drug-likeness (QED) is 0.616. The van der Waals surface area contributed by atoms with Crippen molar-refractivity contribution < 1.29 is 19.1 Å². The van der Waals surface area contributed by atoms with E-state index in [0.717, 1.165) is 4.90 Å². The zero-order valence-corrected chi connectivity index (χ0v) is 18.6. The predicted molar refractivity (Wildman–Crippen MR) is 117 cm³/mol. The standard InChI is InChI=1S/C21H18Cl3N3O4/c1-14(28)27(19(29)17-9-7-15(11-25)8-10-17)18(16-5-3-2-4-6-16)12-26-20(30)31-13-21(22,23)24/h2-10,18H,12-13H2,1H3,(H,26,30). The summed E-state index contributed by atoms with van der Waals surface area (Å²) in [7, 11) is 0. The lowest BCUT2D eigenvalue weighted by Gasteiger charge is -2.30. The molecule has 0 aromatic heterocycles. The van der Waals surface area contributed by atoms with E-state index < -0.39 is 34.3 Å². The molecule has 0 bridgehead atoms. The van der Waals surface area contributed by atoms with Gasteiger partial charge in [0.2, 0.25) is 9.70 Å². The molecular weight excluding hydrogens is 465 g/mol. The van der Waals surface area contributed by atoms with E-state index in [1.54, 1.807) is 30.3 Å². The fourth-order valence-electron chi connectivity index (χ4n) is 2.74. The molecule has 7 nitrogen and oxygen atoms in total. The number of nitrogens with one attached hydrogen (secondary N) is 1. The van der Waals surface area contributed by atoms with Gasteiger partial charge in [-0.05, 0) is 29.8 Å². The molecule has 0 aliphatic heterocycles. The van der Waals surface area contributed by atoms with Gasteiger partial charge in [0.15, 0.2) is 0 Å². The highest BCUT2D eigenvalue weighted by Crippen LogP contribution is 2.26. The molecule has 2 aromatic carbocycles. The lowest BCUT2D eigenvalue weighted by Crippen LogP contribution is -2.44. The van der Waals surface area contributed by atoms with Crippen molar-refractivity contribution in [1.82, 2.24) is 10.2 Å². The van der Waals surface area contributed by atoms with Gasteiger partial charge in [0.1, 0.15) is 6.61 Å². The number of alkyl halides is 3. The van der Waals surface area contributed by atoms with Gasteiger partial charge in [-0.15, -0.1) is 0 Å². The van der Waals surface area contributed by atoms with E-state index in [1.807, 2.05) is 6.07 Å². The first-order chi connectivity index (χ1) is 14.6.